The van der Waals surface area contributed by atoms with Crippen LogP contribution in [0.2, 0.25) is 0 Å². The second-order valence-corrected chi connectivity index (χ2v) is 4.62. The Morgan fingerprint density at radius 1 is 1.32 bits per heavy atom. The quantitative estimate of drug-likeness (QED) is 0.867. The van der Waals surface area contributed by atoms with Crippen molar-refractivity contribution in [3.05, 3.63) is 12.1 Å². The largest absolute Gasteiger partial charge is 0.473 e. The number of rotatable bonds is 5. The van der Waals surface area contributed by atoms with Gasteiger partial charge in [0.15, 0.2) is 0 Å². The number of nitrogen functional groups attached to an aromatic ring is 1. The van der Waals surface area contributed by atoms with Crippen molar-refractivity contribution in [3.63, 3.8) is 0 Å². The number of nitrogens with zero attached hydrogens (tertiary/aromatic N) is 1. The van der Waals surface area contributed by atoms with E-state index < -0.39 is 18.6 Å². The molecule has 1 rings (SSSR count). The van der Waals surface area contributed by atoms with Gasteiger partial charge in [-0.3, -0.25) is 0 Å². The summed E-state index contributed by atoms with van der Waals surface area (Å²) in [5.74, 6) is 0.529. The Kier molecular flexibility index (Phi) is 4.85. The van der Waals surface area contributed by atoms with E-state index in [1.165, 1.54) is 13.0 Å². The third kappa shape index (κ3) is 5.67. The summed E-state index contributed by atoms with van der Waals surface area (Å²) in [6.07, 6.45) is -5.26. The second-order valence-electron chi connectivity index (χ2n) is 4.62. The van der Waals surface area contributed by atoms with Gasteiger partial charge in [-0.25, -0.2) is 0 Å². The molecule has 0 aliphatic heterocycles. The lowest BCUT2D eigenvalue weighted by atomic mass is 10.2. The smallest absolute Gasteiger partial charge is 0.391 e. The van der Waals surface area contributed by atoms with Crippen molar-refractivity contribution in [1.29, 1.82) is 0 Å². The van der Waals surface area contributed by atoms with Crippen LogP contribution in [-0.2, 0) is 0 Å². The highest BCUT2D eigenvalue weighted by molar-refractivity contribution is 5.53. The average Bonchev–Trinajstić information content (AvgIpc) is 2.19. The zero-order valence-corrected chi connectivity index (χ0v) is 11.1. The molecule has 1 aromatic heterocycles. The van der Waals surface area contributed by atoms with Crippen molar-refractivity contribution in [2.45, 2.75) is 45.5 Å². The third-order valence-corrected chi connectivity index (χ3v) is 2.17. The van der Waals surface area contributed by atoms with E-state index in [1.807, 2.05) is 13.8 Å². The number of alkyl halides is 3. The Labute approximate surface area is 110 Å². The van der Waals surface area contributed by atoms with Crippen LogP contribution in [0.1, 0.15) is 27.2 Å². The van der Waals surface area contributed by atoms with Gasteiger partial charge < -0.3 is 15.8 Å². The Balaban J connectivity index is 2.74. The summed E-state index contributed by atoms with van der Waals surface area (Å²) >= 11 is 0. The van der Waals surface area contributed by atoms with E-state index >= 15 is 0 Å². The molecule has 19 heavy (non-hydrogen) atoms. The predicted molar refractivity (Wildman–Crippen MR) is 68.2 cm³/mol. The number of anilines is 2. The maximum Gasteiger partial charge on any atom is 0.391 e. The fourth-order valence-corrected chi connectivity index (χ4v) is 1.50. The molecule has 0 saturated heterocycles. The number of ether oxygens (including phenoxy) is 1. The predicted octanol–water partition coefficient (Wildman–Crippen LogP) is 3.20. The van der Waals surface area contributed by atoms with E-state index in [0.29, 0.717) is 11.5 Å². The van der Waals surface area contributed by atoms with Crippen molar-refractivity contribution in [2.75, 3.05) is 11.1 Å². The lowest BCUT2D eigenvalue weighted by Crippen LogP contribution is -2.24. The fraction of sp³-hybridized carbons (Fsp3) is 0.583. The standard InChI is InChI=1S/C12H18F3N3O/c1-7(2)19-11-9(16)4-5-10(18-11)17-8(3)6-12(13,14)15/h4-5,7-8H,6,16H2,1-3H3,(H,17,18). The van der Waals surface area contributed by atoms with Gasteiger partial charge in [0.1, 0.15) is 5.82 Å². The van der Waals surface area contributed by atoms with Gasteiger partial charge >= 0.3 is 6.18 Å². The SMILES string of the molecule is CC(CC(F)(F)F)Nc1ccc(N)c(OC(C)C)n1. The Bertz CT molecular complexity index is 421. The van der Waals surface area contributed by atoms with Crippen molar-refractivity contribution in [1.82, 2.24) is 4.98 Å². The first-order valence-corrected chi connectivity index (χ1v) is 5.94. The van der Waals surface area contributed by atoms with Crippen LogP contribution in [0.4, 0.5) is 24.7 Å². The molecule has 3 N–H and O–H groups in total. The summed E-state index contributed by atoms with van der Waals surface area (Å²) in [6, 6.07) is 2.30. The zero-order valence-electron chi connectivity index (χ0n) is 11.1. The molecule has 1 heterocycles. The number of nitrogens with one attached hydrogen (secondary N) is 1. The molecule has 4 nitrogen and oxygen atoms in total. The van der Waals surface area contributed by atoms with Gasteiger partial charge in [-0.2, -0.15) is 18.2 Å². The summed E-state index contributed by atoms with van der Waals surface area (Å²) in [5.41, 5.74) is 6.02. The first-order chi connectivity index (χ1) is 8.67. The lowest BCUT2D eigenvalue weighted by molar-refractivity contribution is -0.136. The van der Waals surface area contributed by atoms with Gasteiger partial charge in [-0.1, -0.05) is 0 Å². The number of pyridine rings is 1. The summed E-state index contributed by atoms with van der Waals surface area (Å²) in [5, 5.41) is 2.67. The van der Waals surface area contributed by atoms with Gasteiger partial charge in [0.2, 0.25) is 5.88 Å². The van der Waals surface area contributed by atoms with Gasteiger partial charge in [0.05, 0.1) is 18.2 Å². The Morgan fingerprint density at radius 2 is 1.95 bits per heavy atom. The number of aromatic nitrogens is 1. The van der Waals surface area contributed by atoms with E-state index in [1.54, 1.807) is 6.07 Å². The maximum absolute atomic E-state index is 12.2. The number of hydrogen-bond donors (Lipinski definition) is 2. The highest BCUT2D eigenvalue weighted by atomic mass is 19.4. The summed E-state index contributed by atoms with van der Waals surface area (Å²) in [4.78, 5) is 4.06. The molecule has 0 aliphatic rings. The van der Waals surface area contributed by atoms with Crippen LogP contribution >= 0.6 is 0 Å². The minimum atomic E-state index is -4.21. The summed E-state index contributed by atoms with van der Waals surface area (Å²) in [7, 11) is 0. The van der Waals surface area contributed by atoms with E-state index in [0.717, 1.165) is 0 Å². The zero-order chi connectivity index (χ0) is 14.6. The van der Waals surface area contributed by atoms with Gasteiger partial charge in [-0.05, 0) is 32.9 Å². The van der Waals surface area contributed by atoms with Crippen molar-refractivity contribution in [3.8, 4) is 5.88 Å². The number of halogens is 3. The van der Waals surface area contributed by atoms with Crippen molar-refractivity contribution < 1.29 is 17.9 Å². The number of nitrogens with two attached hydrogens (primary N) is 1. The van der Waals surface area contributed by atoms with Crippen molar-refractivity contribution in [2.24, 2.45) is 0 Å². The van der Waals surface area contributed by atoms with E-state index in [9.17, 15) is 13.2 Å². The lowest BCUT2D eigenvalue weighted by Gasteiger charge is -2.18. The van der Waals surface area contributed by atoms with E-state index in [-0.39, 0.29) is 12.0 Å². The molecule has 1 aromatic rings. The monoisotopic (exact) mass is 277 g/mol. The van der Waals surface area contributed by atoms with Crippen LogP contribution in [0.5, 0.6) is 5.88 Å². The van der Waals surface area contributed by atoms with Crippen LogP contribution in [-0.4, -0.2) is 23.3 Å². The van der Waals surface area contributed by atoms with Gasteiger partial charge in [0.25, 0.3) is 0 Å². The molecule has 108 valence electrons. The minimum Gasteiger partial charge on any atom is -0.473 e. The third-order valence-electron chi connectivity index (χ3n) is 2.17. The topological polar surface area (TPSA) is 60.2 Å². The van der Waals surface area contributed by atoms with E-state index in [2.05, 4.69) is 10.3 Å². The van der Waals surface area contributed by atoms with Crippen LogP contribution < -0.4 is 15.8 Å². The highest BCUT2D eigenvalue weighted by Gasteiger charge is 2.30. The van der Waals surface area contributed by atoms with Crippen LogP contribution in [0, 0.1) is 0 Å². The molecular weight excluding hydrogens is 259 g/mol. The van der Waals surface area contributed by atoms with E-state index in [4.69, 9.17) is 10.5 Å². The molecule has 0 spiro atoms. The molecule has 0 bridgehead atoms. The first kappa shape index (κ1) is 15.4. The fourth-order valence-electron chi connectivity index (χ4n) is 1.50. The molecule has 1 unspecified atom stereocenters. The Morgan fingerprint density at radius 3 is 2.47 bits per heavy atom. The molecule has 0 aliphatic carbocycles. The number of hydrogen-bond acceptors (Lipinski definition) is 4. The van der Waals surface area contributed by atoms with Crippen LogP contribution in [0.15, 0.2) is 12.1 Å². The molecule has 0 saturated carbocycles. The highest BCUT2D eigenvalue weighted by Crippen LogP contribution is 2.25. The first-order valence-electron chi connectivity index (χ1n) is 5.94. The second kappa shape index (κ2) is 5.99. The molecule has 0 aromatic carbocycles. The molecule has 0 fully saturated rings. The molecule has 0 radical (unpaired) electrons. The molecule has 1 atom stereocenters. The van der Waals surface area contributed by atoms with Gasteiger partial charge in [-0.15, -0.1) is 0 Å². The van der Waals surface area contributed by atoms with Gasteiger partial charge in [0, 0.05) is 6.04 Å². The maximum atomic E-state index is 12.2. The average molecular weight is 277 g/mol. The normalized spacial score (nSPS) is 13.4. The summed E-state index contributed by atoms with van der Waals surface area (Å²) < 4.78 is 42.0. The summed E-state index contributed by atoms with van der Waals surface area (Å²) in [6.45, 7) is 5.06. The molecule has 0 amide bonds. The van der Waals surface area contributed by atoms with Crippen LogP contribution in [0.25, 0.3) is 0 Å². The minimum absolute atomic E-state index is 0.113. The Hall–Kier alpha value is -1.66. The molecular formula is C12H18F3N3O. The molecule has 7 heteroatoms. The van der Waals surface area contributed by atoms with Crippen molar-refractivity contribution >= 4 is 11.5 Å². The van der Waals surface area contributed by atoms with Crippen LogP contribution in [0.3, 0.4) is 0 Å².